The second kappa shape index (κ2) is 5.27. The maximum Gasteiger partial charge on any atom is 0.205 e. The molecule has 1 heterocycles. The van der Waals surface area contributed by atoms with Crippen LogP contribution in [-0.2, 0) is 0 Å². The molecule has 0 aliphatic rings. The maximum absolute atomic E-state index is 8.11. The first-order valence-electron chi connectivity index (χ1n) is 2.62. The summed E-state index contributed by atoms with van der Waals surface area (Å²) >= 11 is 0. The van der Waals surface area contributed by atoms with Gasteiger partial charge in [-0.05, 0) is 12.1 Å². The molecule has 0 saturated heterocycles. The number of hydrogen-bond donors (Lipinski definition) is 4. The van der Waals surface area contributed by atoms with Gasteiger partial charge in [0.2, 0.25) is 5.84 Å². The molecule has 0 atom stereocenters. The lowest BCUT2D eigenvalue weighted by atomic mass is 10.4. The summed E-state index contributed by atoms with van der Waals surface area (Å²) in [6.07, 6.45) is 1.45. The highest BCUT2D eigenvalue weighted by Gasteiger charge is 1.98. The van der Waals surface area contributed by atoms with Gasteiger partial charge in [0.15, 0.2) is 5.76 Å². The summed E-state index contributed by atoms with van der Waals surface area (Å²) in [5.41, 5.74) is 5.14. The van der Waals surface area contributed by atoms with Gasteiger partial charge in [-0.3, -0.25) is 0 Å². The van der Waals surface area contributed by atoms with Gasteiger partial charge in [0.25, 0.3) is 0 Å². The second-order valence-corrected chi connectivity index (χ2v) is 1.46. The molecule has 0 aliphatic heterocycles. The van der Waals surface area contributed by atoms with Crippen molar-refractivity contribution >= 4 is 5.84 Å². The van der Waals surface area contributed by atoms with E-state index in [1.165, 1.54) is 6.26 Å². The fourth-order valence-corrected chi connectivity index (χ4v) is 0.474. The SMILES string of the molecule is NC(=NO)c1ccco1.NO. The van der Waals surface area contributed by atoms with Crippen molar-refractivity contribution in [2.24, 2.45) is 16.8 Å². The summed E-state index contributed by atoms with van der Waals surface area (Å²) in [6, 6.07) is 3.27. The summed E-state index contributed by atoms with van der Waals surface area (Å²) in [4.78, 5) is 0. The van der Waals surface area contributed by atoms with Crippen molar-refractivity contribution in [1.82, 2.24) is 0 Å². The molecule has 0 saturated carbocycles. The predicted molar refractivity (Wildman–Crippen MR) is 37.2 cm³/mol. The summed E-state index contributed by atoms with van der Waals surface area (Å²) in [7, 11) is 0. The Bertz CT molecular complexity index is 207. The van der Waals surface area contributed by atoms with Crippen LogP contribution in [0.15, 0.2) is 28.0 Å². The molecule has 6 N–H and O–H groups in total. The van der Waals surface area contributed by atoms with Crippen LogP contribution in [0.2, 0.25) is 0 Å². The Labute approximate surface area is 62.7 Å². The number of furan rings is 1. The molecule has 6 nitrogen and oxygen atoms in total. The van der Waals surface area contributed by atoms with Crippen molar-refractivity contribution in [3.8, 4) is 0 Å². The van der Waals surface area contributed by atoms with E-state index in [4.69, 9.17) is 20.6 Å². The third-order valence-electron chi connectivity index (χ3n) is 0.881. The Morgan fingerprint density at radius 3 is 2.55 bits per heavy atom. The van der Waals surface area contributed by atoms with E-state index in [2.05, 4.69) is 11.1 Å². The summed E-state index contributed by atoms with van der Waals surface area (Å²) in [6.45, 7) is 0. The molecule has 0 amide bonds. The Morgan fingerprint density at radius 1 is 1.55 bits per heavy atom. The minimum atomic E-state index is -0.0139. The standard InChI is InChI=1S/C5H6N2O2.H3NO/c6-5(7-8)4-2-1-3-9-4;1-2/h1-3,8H,(H2,6,7);2H,1H2. The van der Waals surface area contributed by atoms with Gasteiger partial charge in [-0.25, -0.2) is 5.90 Å². The van der Waals surface area contributed by atoms with Crippen LogP contribution in [0.3, 0.4) is 0 Å². The highest BCUT2D eigenvalue weighted by molar-refractivity contribution is 5.94. The molecule has 0 spiro atoms. The van der Waals surface area contributed by atoms with Crippen LogP contribution < -0.4 is 11.6 Å². The van der Waals surface area contributed by atoms with Crippen molar-refractivity contribution in [3.05, 3.63) is 24.2 Å². The maximum atomic E-state index is 8.11. The molecule has 0 unspecified atom stereocenters. The first kappa shape index (κ1) is 9.47. The lowest BCUT2D eigenvalue weighted by Gasteiger charge is -1.87. The molecular formula is C5H9N3O3. The first-order chi connectivity index (χ1) is 5.34. The molecule has 1 aromatic rings. The van der Waals surface area contributed by atoms with Crippen LogP contribution in [0.4, 0.5) is 0 Å². The van der Waals surface area contributed by atoms with Gasteiger partial charge in [0.05, 0.1) is 6.26 Å². The number of amidine groups is 1. The molecular weight excluding hydrogens is 150 g/mol. The number of nitrogens with zero attached hydrogens (tertiary/aromatic N) is 1. The van der Waals surface area contributed by atoms with Gasteiger partial charge in [-0.2, -0.15) is 0 Å². The van der Waals surface area contributed by atoms with E-state index in [0.717, 1.165) is 0 Å². The molecule has 0 aromatic carbocycles. The van der Waals surface area contributed by atoms with E-state index in [1.807, 2.05) is 0 Å². The van der Waals surface area contributed by atoms with Crippen LogP contribution in [0, 0.1) is 0 Å². The van der Waals surface area contributed by atoms with E-state index in [1.54, 1.807) is 12.1 Å². The highest BCUT2D eigenvalue weighted by atomic mass is 16.4. The zero-order valence-corrected chi connectivity index (χ0v) is 5.64. The lowest BCUT2D eigenvalue weighted by Crippen LogP contribution is -2.11. The van der Waals surface area contributed by atoms with E-state index < -0.39 is 0 Å². The molecule has 0 aliphatic carbocycles. The third kappa shape index (κ3) is 2.70. The zero-order chi connectivity index (χ0) is 8.69. The van der Waals surface area contributed by atoms with Gasteiger partial charge in [-0.1, -0.05) is 5.16 Å². The van der Waals surface area contributed by atoms with Gasteiger partial charge < -0.3 is 20.6 Å². The van der Waals surface area contributed by atoms with Crippen molar-refractivity contribution in [1.29, 1.82) is 0 Å². The van der Waals surface area contributed by atoms with Crippen molar-refractivity contribution in [2.45, 2.75) is 0 Å². The average molecular weight is 159 g/mol. The number of oxime groups is 1. The Morgan fingerprint density at radius 2 is 2.18 bits per heavy atom. The molecule has 0 fully saturated rings. The fraction of sp³-hybridized carbons (Fsp3) is 0. The lowest BCUT2D eigenvalue weighted by molar-refractivity contribution is 0.311. The topological polar surface area (TPSA) is 118 Å². The van der Waals surface area contributed by atoms with Crippen molar-refractivity contribution in [3.63, 3.8) is 0 Å². The Hall–Kier alpha value is -1.53. The zero-order valence-electron chi connectivity index (χ0n) is 5.64. The van der Waals surface area contributed by atoms with Gasteiger partial charge >= 0.3 is 0 Å². The molecule has 1 rings (SSSR count). The van der Waals surface area contributed by atoms with Gasteiger partial charge in [0, 0.05) is 0 Å². The predicted octanol–water partition coefficient (Wildman–Crippen LogP) is -0.292. The summed E-state index contributed by atoms with van der Waals surface area (Å²) in [5, 5.41) is 17.3. The number of nitrogens with two attached hydrogens (primary N) is 2. The minimum Gasteiger partial charge on any atom is -0.461 e. The highest BCUT2D eigenvalue weighted by Crippen LogP contribution is 1.97. The summed E-state index contributed by atoms with van der Waals surface area (Å²) in [5.74, 6) is 3.86. The molecule has 0 radical (unpaired) electrons. The van der Waals surface area contributed by atoms with Crippen LogP contribution in [0.25, 0.3) is 0 Å². The molecule has 6 heteroatoms. The molecule has 1 aromatic heterocycles. The molecule has 0 bridgehead atoms. The molecule has 62 valence electrons. The van der Waals surface area contributed by atoms with Gasteiger partial charge in [0.1, 0.15) is 0 Å². The third-order valence-corrected chi connectivity index (χ3v) is 0.881. The largest absolute Gasteiger partial charge is 0.461 e. The van der Waals surface area contributed by atoms with Gasteiger partial charge in [-0.15, -0.1) is 0 Å². The van der Waals surface area contributed by atoms with E-state index >= 15 is 0 Å². The van der Waals surface area contributed by atoms with E-state index in [9.17, 15) is 0 Å². The number of hydrogen-bond acceptors (Lipinski definition) is 5. The molecule has 11 heavy (non-hydrogen) atoms. The van der Waals surface area contributed by atoms with Crippen LogP contribution in [0.1, 0.15) is 5.76 Å². The summed E-state index contributed by atoms with van der Waals surface area (Å²) < 4.78 is 4.77. The Balaban J connectivity index is 0.000000461. The van der Waals surface area contributed by atoms with Crippen LogP contribution in [0.5, 0.6) is 0 Å². The first-order valence-corrected chi connectivity index (χ1v) is 2.62. The second-order valence-electron chi connectivity index (χ2n) is 1.46. The van der Waals surface area contributed by atoms with Crippen LogP contribution >= 0.6 is 0 Å². The van der Waals surface area contributed by atoms with Crippen molar-refractivity contribution in [2.75, 3.05) is 0 Å². The smallest absolute Gasteiger partial charge is 0.205 e. The quantitative estimate of drug-likeness (QED) is 0.194. The fourth-order valence-electron chi connectivity index (χ4n) is 0.474. The van der Waals surface area contributed by atoms with Crippen LogP contribution in [-0.4, -0.2) is 16.3 Å². The minimum absolute atomic E-state index is 0.0139. The van der Waals surface area contributed by atoms with E-state index in [0.29, 0.717) is 5.76 Å². The average Bonchev–Trinajstić information content (AvgIpc) is 2.59. The monoisotopic (exact) mass is 159 g/mol. The van der Waals surface area contributed by atoms with E-state index in [-0.39, 0.29) is 5.84 Å². The number of rotatable bonds is 1. The Kier molecular flexibility index (Phi) is 4.54. The normalized spacial score (nSPS) is 10.2. The van der Waals surface area contributed by atoms with Crippen molar-refractivity contribution < 1.29 is 14.8 Å².